The second-order valence-corrected chi connectivity index (χ2v) is 11.8. The summed E-state index contributed by atoms with van der Waals surface area (Å²) in [6.45, 7) is 5.41. The highest BCUT2D eigenvalue weighted by atomic mass is 16.7. The van der Waals surface area contributed by atoms with E-state index in [2.05, 4.69) is 5.32 Å². The molecule has 11 heteroatoms. The molecule has 0 aliphatic carbocycles. The van der Waals surface area contributed by atoms with Crippen LogP contribution in [0.3, 0.4) is 0 Å². The number of primary amides is 1. The summed E-state index contributed by atoms with van der Waals surface area (Å²) in [5, 5.41) is 25.8. The summed E-state index contributed by atoms with van der Waals surface area (Å²) < 4.78 is 16.7. The number of carbonyl (C=O) groups is 4. The van der Waals surface area contributed by atoms with Gasteiger partial charge in [-0.15, -0.1) is 0 Å². The van der Waals surface area contributed by atoms with Gasteiger partial charge in [-0.3, -0.25) is 14.4 Å². The summed E-state index contributed by atoms with van der Waals surface area (Å²) in [5.74, 6) is -3.06. The maximum absolute atomic E-state index is 13.6. The predicted molar refractivity (Wildman–Crippen MR) is 166 cm³/mol. The van der Waals surface area contributed by atoms with Gasteiger partial charge >= 0.3 is 5.97 Å². The third kappa shape index (κ3) is 8.14. The van der Waals surface area contributed by atoms with Gasteiger partial charge in [0.1, 0.15) is 28.9 Å². The Labute approximate surface area is 262 Å². The molecular formula is C34H42N2O9. The zero-order valence-corrected chi connectivity index (χ0v) is 26.0. The Morgan fingerprint density at radius 1 is 1.09 bits per heavy atom. The van der Waals surface area contributed by atoms with Gasteiger partial charge in [-0.1, -0.05) is 38.5 Å². The average molecular weight is 623 g/mol. The fraction of sp³-hybridized carbons (Fsp3) is 0.471. The molecule has 242 valence electrons. The summed E-state index contributed by atoms with van der Waals surface area (Å²) in [6.07, 6.45) is 6.17. The molecule has 0 saturated heterocycles. The van der Waals surface area contributed by atoms with E-state index < -0.39 is 41.6 Å². The molecule has 4 rings (SSSR count). The lowest BCUT2D eigenvalue weighted by molar-refractivity contribution is -0.128. The third-order valence-electron chi connectivity index (χ3n) is 8.42. The summed E-state index contributed by atoms with van der Waals surface area (Å²) in [5.41, 5.74) is 6.09. The lowest BCUT2D eigenvalue weighted by Gasteiger charge is -2.25. The minimum absolute atomic E-state index is 0.0129. The van der Waals surface area contributed by atoms with Crippen molar-refractivity contribution in [3.8, 4) is 23.0 Å². The van der Waals surface area contributed by atoms with Crippen molar-refractivity contribution in [2.24, 2.45) is 11.7 Å². The molecule has 4 atom stereocenters. The van der Waals surface area contributed by atoms with Gasteiger partial charge in [-0.25, -0.2) is 4.79 Å². The smallest absolute Gasteiger partial charge is 0.342 e. The van der Waals surface area contributed by atoms with Gasteiger partial charge in [-0.2, -0.15) is 0 Å². The number of phenolic OH excluding ortho intramolecular Hbond substituents is 2. The number of Topliss-reactive ketones (excluding diaryl/α,β-unsaturated/α-hetero) is 1. The van der Waals surface area contributed by atoms with E-state index in [-0.39, 0.29) is 47.4 Å². The molecule has 0 fully saturated rings. The number of carbonyl (C=O) groups excluding carboxylic acids is 4. The third-order valence-corrected chi connectivity index (χ3v) is 8.42. The number of hydrogen-bond acceptors (Lipinski definition) is 9. The molecule has 1 unspecified atom stereocenters. The van der Waals surface area contributed by atoms with E-state index in [4.69, 9.17) is 19.9 Å². The molecule has 0 bridgehead atoms. The van der Waals surface area contributed by atoms with Crippen LogP contribution >= 0.6 is 0 Å². The fourth-order valence-electron chi connectivity index (χ4n) is 5.68. The molecule has 0 saturated carbocycles. The highest BCUT2D eigenvalue weighted by Gasteiger charge is 2.33. The van der Waals surface area contributed by atoms with Crippen molar-refractivity contribution in [1.29, 1.82) is 0 Å². The number of amides is 2. The Morgan fingerprint density at radius 2 is 1.82 bits per heavy atom. The number of allylic oxidation sites excluding steroid dienone is 1. The minimum Gasteiger partial charge on any atom is -0.507 e. The molecule has 5 N–H and O–H groups in total. The number of hydrogen-bond donors (Lipinski definition) is 4. The SMILES string of the molecule is CC[C@H](C)[C@H](NC(=O)CC(c1ccc2c(c1)OCO2)c1c(O)cc2c(c1O)C(=O)O[C@@H](C)CCCC(=O)CCC/C=C/2)C(N)=O. The second-order valence-electron chi connectivity index (χ2n) is 11.8. The molecule has 2 heterocycles. The van der Waals surface area contributed by atoms with E-state index in [0.717, 1.165) is 0 Å². The van der Waals surface area contributed by atoms with Gasteiger partial charge in [0, 0.05) is 30.7 Å². The maximum atomic E-state index is 13.6. The number of ketones is 1. The fourth-order valence-corrected chi connectivity index (χ4v) is 5.68. The van der Waals surface area contributed by atoms with Crippen LogP contribution in [0.2, 0.25) is 0 Å². The first-order chi connectivity index (χ1) is 21.5. The van der Waals surface area contributed by atoms with E-state index >= 15 is 0 Å². The molecular weight excluding hydrogens is 580 g/mol. The zero-order valence-electron chi connectivity index (χ0n) is 26.0. The molecule has 0 radical (unpaired) electrons. The first-order valence-corrected chi connectivity index (χ1v) is 15.5. The lowest BCUT2D eigenvalue weighted by Crippen LogP contribution is -2.48. The summed E-state index contributed by atoms with van der Waals surface area (Å²) >= 11 is 0. The van der Waals surface area contributed by atoms with Crippen LogP contribution in [0.4, 0.5) is 0 Å². The molecule has 11 nitrogen and oxygen atoms in total. The van der Waals surface area contributed by atoms with Crippen molar-refractivity contribution in [3.05, 3.63) is 52.6 Å². The summed E-state index contributed by atoms with van der Waals surface area (Å²) in [6, 6.07) is 5.41. The first-order valence-electron chi connectivity index (χ1n) is 15.5. The molecule has 2 aliphatic heterocycles. The van der Waals surface area contributed by atoms with E-state index in [0.29, 0.717) is 62.0 Å². The van der Waals surface area contributed by atoms with Gasteiger partial charge in [0.05, 0.1) is 6.10 Å². The molecule has 2 aromatic rings. The first kappa shape index (κ1) is 33.4. The maximum Gasteiger partial charge on any atom is 0.342 e. The van der Waals surface area contributed by atoms with E-state index in [9.17, 15) is 29.4 Å². The van der Waals surface area contributed by atoms with Crippen molar-refractivity contribution in [2.75, 3.05) is 6.79 Å². The number of phenols is 2. The van der Waals surface area contributed by atoms with E-state index in [1.165, 1.54) is 6.07 Å². The van der Waals surface area contributed by atoms with Gasteiger partial charge in [0.2, 0.25) is 18.6 Å². The number of aromatic hydroxyl groups is 2. The number of benzene rings is 2. The number of fused-ring (bicyclic) bond motifs is 2. The number of esters is 1. The van der Waals surface area contributed by atoms with Crippen molar-refractivity contribution in [2.45, 2.75) is 90.2 Å². The molecule has 2 aromatic carbocycles. The quantitative estimate of drug-likeness (QED) is 0.300. The number of ether oxygens (including phenoxy) is 3. The predicted octanol–water partition coefficient (Wildman–Crippen LogP) is 4.85. The minimum atomic E-state index is -0.983. The Hall–Kier alpha value is -4.54. The van der Waals surface area contributed by atoms with Crippen LogP contribution < -0.4 is 20.5 Å². The standard InChI is InChI=1S/C34H42N2O9/c1-4-19(2)31(33(35)41)36-28(39)17-24(21-13-14-26-27(16-21)44-18-43-26)30-25(38)15-22-10-6-5-7-11-23(37)12-8-9-20(3)45-34(42)29(22)32(30)40/h6,10,13-16,19-20,24,31,38,40H,4-5,7-9,11-12,17-18H2,1-3H3,(H2,35,41)(H,36,39)/b10-6+/t19-,20-,24?,31-/m0/s1. The van der Waals surface area contributed by atoms with Crippen LogP contribution in [0.15, 0.2) is 30.3 Å². The van der Waals surface area contributed by atoms with Crippen LogP contribution in [0, 0.1) is 5.92 Å². The highest BCUT2D eigenvalue weighted by molar-refractivity contribution is 5.98. The monoisotopic (exact) mass is 622 g/mol. The second kappa shape index (κ2) is 15.0. The van der Waals surface area contributed by atoms with Gasteiger partial charge < -0.3 is 35.5 Å². The lowest BCUT2D eigenvalue weighted by atomic mass is 9.84. The van der Waals surface area contributed by atoms with Gasteiger partial charge in [-0.05, 0) is 67.9 Å². The molecule has 2 aliphatic rings. The average Bonchev–Trinajstić information content (AvgIpc) is 3.46. The summed E-state index contributed by atoms with van der Waals surface area (Å²) in [4.78, 5) is 51.3. The largest absolute Gasteiger partial charge is 0.507 e. The van der Waals surface area contributed by atoms with Crippen LogP contribution in [-0.4, -0.2) is 52.7 Å². The zero-order chi connectivity index (χ0) is 32.7. The summed E-state index contributed by atoms with van der Waals surface area (Å²) in [7, 11) is 0. The van der Waals surface area contributed by atoms with Crippen LogP contribution in [0.1, 0.15) is 105 Å². The number of nitrogens with one attached hydrogen (secondary N) is 1. The van der Waals surface area contributed by atoms with Crippen molar-refractivity contribution in [1.82, 2.24) is 5.32 Å². The van der Waals surface area contributed by atoms with Crippen molar-refractivity contribution >= 4 is 29.6 Å². The van der Waals surface area contributed by atoms with E-state index in [1.807, 2.05) is 6.92 Å². The number of nitrogens with two attached hydrogens (primary N) is 1. The highest BCUT2D eigenvalue weighted by Crippen LogP contribution is 2.46. The molecule has 0 spiro atoms. The Morgan fingerprint density at radius 3 is 2.56 bits per heavy atom. The number of rotatable bonds is 8. The van der Waals surface area contributed by atoms with Crippen LogP contribution in [-0.2, 0) is 19.1 Å². The number of cyclic esters (lactones) is 1. The van der Waals surface area contributed by atoms with Crippen molar-refractivity contribution < 1.29 is 43.6 Å². The van der Waals surface area contributed by atoms with Crippen LogP contribution in [0.5, 0.6) is 23.0 Å². The molecule has 0 aromatic heterocycles. The molecule has 2 amide bonds. The Kier molecular flexibility index (Phi) is 11.1. The molecule has 45 heavy (non-hydrogen) atoms. The van der Waals surface area contributed by atoms with E-state index in [1.54, 1.807) is 44.2 Å². The van der Waals surface area contributed by atoms with Gasteiger partial charge in [0.25, 0.3) is 0 Å². The van der Waals surface area contributed by atoms with Gasteiger partial charge in [0.15, 0.2) is 11.5 Å². The van der Waals surface area contributed by atoms with Crippen LogP contribution in [0.25, 0.3) is 6.08 Å². The normalized spacial score (nSPS) is 19.8. The Balaban J connectivity index is 1.80. The Bertz CT molecular complexity index is 1470. The van der Waals surface area contributed by atoms with Crippen molar-refractivity contribution in [3.63, 3.8) is 0 Å². The topological polar surface area (TPSA) is 174 Å².